The normalized spacial score (nSPS) is 12.5. The number of H-pyrrole nitrogens is 1. The van der Waals surface area contributed by atoms with Crippen LogP contribution in [0.4, 0.5) is 0 Å². The molecule has 1 unspecified atom stereocenters. The summed E-state index contributed by atoms with van der Waals surface area (Å²) in [7, 11) is 0. The molecule has 0 spiro atoms. The third-order valence-electron chi connectivity index (χ3n) is 3.01. The number of hydrogen-bond acceptors (Lipinski definition) is 2. The van der Waals surface area contributed by atoms with E-state index in [0.29, 0.717) is 0 Å². The summed E-state index contributed by atoms with van der Waals surface area (Å²) in [5, 5.41) is 1.16. The van der Waals surface area contributed by atoms with Crippen LogP contribution in [0.25, 0.3) is 10.9 Å². The Morgan fingerprint density at radius 1 is 1.11 bits per heavy atom. The second kappa shape index (κ2) is 4.53. The Kier molecular flexibility index (Phi) is 2.73. The van der Waals surface area contributed by atoms with Crippen molar-refractivity contribution in [3.63, 3.8) is 0 Å². The van der Waals surface area contributed by atoms with Gasteiger partial charge in [-0.2, -0.15) is 0 Å². The molecule has 0 aliphatic carbocycles. The van der Waals surface area contributed by atoms with Gasteiger partial charge in [0.1, 0.15) is 11.9 Å². The van der Waals surface area contributed by atoms with Gasteiger partial charge in [-0.15, -0.1) is 0 Å². The Morgan fingerprint density at radius 3 is 2.78 bits per heavy atom. The molecule has 0 fully saturated rings. The van der Waals surface area contributed by atoms with Crippen LogP contribution in [0, 0.1) is 0 Å². The van der Waals surface area contributed by atoms with Crippen molar-refractivity contribution in [2.75, 3.05) is 0 Å². The molecule has 1 atom stereocenters. The molecular formula is C15H14N2O. The lowest BCUT2D eigenvalue weighted by atomic mass is 10.2. The molecule has 1 N–H and O–H groups in total. The predicted molar refractivity (Wildman–Crippen MR) is 71.6 cm³/mol. The summed E-state index contributed by atoms with van der Waals surface area (Å²) in [6.07, 6.45) is 5.51. The minimum absolute atomic E-state index is 0.0180. The Morgan fingerprint density at radius 2 is 1.94 bits per heavy atom. The van der Waals surface area contributed by atoms with Crippen molar-refractivity contribution in [1.82, 2.24) is 9.97 Å². The first-order valence-electron chi connectivity index (χ1n) is 5.96. The summed E-state index contributed by atoms with van der Waals surface area (Å²) in [5.41, 5.74) is 2.25. The summed E-state index contributed by atoms with van der Waals surface area (Å²) in [6, 6.07) is 12.0. The van der Waals surface area contributed by atoms with Crippen molar-refractivity contribution in [3.05, 3.63) is 60.6 Å². The molecule has 2 heterocycles. The number of hydrogen-bond donors (Lipinski definition) is 1. The molecule has 3 aromatic rings. The molecule has 1 aromatic carbocycles. The molecule has 0 bridgehead atoms. The highest BCUT2D eigenvalue weighted by atomic mass is 16.5. The molecule has 0 aliphatic rings. The Labute approximate surface area is 105 Å². The Hall–Kier alpha value is -2.29. The predicted octanol–water partition coefficient (Wildman–Crippen LogP) is 3.70. The van der Waals surface area contributed by atoms with Crippen molar-refractivity contribution in [2.45, 2.75) is 13.0 Å². The number of ether oxygens (including phenoxy) is 1. The van der Waals surface area contributed by atoms with Crippen molar-refractivity contribution in [3.8, 4) is 5.75 Å². The molecule has 90 valence electrons. The zero-order valence-electron chi connectivity index (χ0n) is 10.1. The summed E-state index contributed by atoms with van der Waals surface area (Å²) in [5.74, 6) is 0.881. The molecule has 18 heavy (non-hydrogen) atoms. The van der Waals surface area contributed by atoms with Crippen LogP contribution in [0.3, 0.4) is 0 Å². The van der Waals surface area contributed by atoms with Crippen LogP contribution >= 0.6 is 0 Å². The molecule has 0 amide bonds. The van der Waals surface area contributed by atoms with E-state index in [-0.39, 0.29) is 6.10 Å². The van der Waals surface area contributed by atoms with E-state index >= 15 is 0 Å². The zero-order valence-corrected chi connectivity index (χ0v) is 10.1. The van der Waals surface area contributed by atoms with Crippen LogP contribution in [0.15, 0.2) is 55.0 Å². The Bertz CT molecular complexity index is 646. The van der Waals surface area contributed by atoms with E-state index in [0.717, 1.165) is 22.2 Å². The Balaban J connectivity index is 1.83. The summed E-state index contributed by atoms with van der Waals surface area (Å²) >= 11 is 0. The largest absolute Gasteiger partial charge is 0.486 e. The van der Waals surface area contributed by atoms with Gasteiger partial charge in [-0.1, -0.05) is 0 Å². The summed E-state index contributed by atoms with van der Waals surface area (Å²) in [4.78, 5) is 7.18. The van der Waals surface area contributed by atoms with Crippen LogP contribution in [0.5, 0.6) is 5.75 Å². The van der Waals surface area contributed by atoms with Crippen molar-refractivity contribution >= 4 is 10.9 Å². The van der Waals surface area contributed by atoms with Crippen LogP contribution in [0.1, 0.15) is 18.6 Å². The molecular weight excluding hydrogens is 224 g/mol. The zero-order chi connectivity index (χ0) is 12.4. The number of pyridine rings is 1. The fourth-order valence-corrected chi connectivity index (χ4v) is 2.01. The second-order valence-electron chi connectivity index (χ2n) is 4.27. The first-order chi connectivity index (χ1) is 8.83. The number of rotatable bonds is 3. The van der Waals surface area contributed by atoms with E-state index in [1.807, 2.05) is 49.5 Å². The van der Waals surface area contributed by atoms with E-state index in [9.17, 15) is 0 Å². The minimum atomic E-state index is 0.0180. The van der Waals surface area contributed by atoms with Crippen LogP contribution in [0.2, 0.25) is 0 Å². The maximum Gasteiger partial charge on any atom is 0.121 e. The van der Waals surface area contributed by atoms with E-state index in [2.05, 4.69) is 9.97 Å². The molecule has 3 nitrogen and oxygen atoms in total. The molecule has 0 saturated carbocycles. The van der Waals surface area contributed by atoms with Gasteiger partial charge in [-0.05, 0) is 48.9 Å². The average molecular weight is 238 g/mol. The smallest absolute Gasteiger partial charge is 0.121 e. The standard InChI is InChI=1S/C15H14N2O/c1-11(12-4-7-16-8-5-12)18-14-2-3-15-13(10-14)6-9-17-15/h2-11,17H,1H3. The fraction of sp³-hybridized carbons (Fsp3) is 0.133. The monoisotopic (exact) mass is 238 g/mol. The van der Waals surface area contributed by atoms with E-state index < -0.39 is 0 Å². The average Bonchev–Trinajstić information content (AvgIpc) is 2.87. The molecule has 0 radical (unpaired) electrons. The van der Waals surface area contributed by atoms with Crippen molar-refractivity contribution in [2.24, 2.45) is 0 Å². The van der Waals surface area contributed by atoms with E-state index in [4.69, 9.17) is 4.74 Å². The van der Waals surface area contributed by atoms with Gasteiger partial charge in [-0.25, -0.2) is 0 Å². The molecule has 0 aliphatic heterocycles. The lowest BCUT2D eigenvalue weighted by molar-refractivity contribution is 0.227. The third kappa shape index (κ3) is 2.07. The molecule has 3 heteroatoms. The van der Waals surface area contributed by atoms with Gasteiger partial charge in [0.2, 0.25) is 0 Å². The van der Waals surface area contributed by atoms with Gasteiger partial charge in [0.05, 0.1) is 0 Å². The number of aromatic nitrogens is 2. The minimum Gasteiger partial charge on any atom is -0.486 e. The van der Waals surface area contributed by atoms with E-state index in [1.54, 1.807) is 12.4 Å². The third-order valence-corrected chi connectivity index (χ3v) is 3.01. The molecule has 2 aromatic heterocycles. The fourth-order valence-electron chi connectivity index (χ4n) is 2.01. The topological polar surface area (TPSA) is 37.9 Å². The number of nitrogens with zero attached hydrogens (tertiary/aromatic N) is 1. The maximum absolute atomic E-state index is 5.94. The van der Waals surface area contributed by atoms with Gasteiger partial charge < -0.3 is 9.72 Å². The number of aromatic amines is 1. The first-order valence-corrected chi connectivity index (χ1v) is 5.96. The lowest BCUT2D eigenvalue weighted by Crippen LogP contribution is -2.02. The number of benzene rings is 1. The SMILES string of the molecule is CC(Oc1ccc2[nH]ccc2c1)c1ccncc1. The van der Waals surface area contributed by atoms with Crippen LogP contribution in [-0.4, -0.2) is 9.97 Å². The molecule has 3 rings (SSSR count). The van der Waals surface area contributed by atoms with Gasteiger partial charge in [0, 0.05) is 29.5 Å². The lowest BCUT2D eigenvalue weighted by Gasteiger charge is -2.14. The highest BCUT2D eigenvalue weighted by Crippen LogP contribution is 2.24. The summed E-state index contributed by atoms with van der Waals surface area (Å²) in [6.45, 7) is 2.04. The van der Waals surface area contributed by atoms with Gasteiger partial charge in [-0.3, -0.25) is 4.98 Å². The quantitative estimate of drug-likeness (QED) is 0.755. The van der Waals surface area contributed by atoms with Crippen LogP contribution in [-0.2, 0) is 0 Å². The van der Waals surface area contributed by atoms with Crippen molar-refractivity contribution < 1.29 is 4.74 Å². The first kappa shape index (κ1) is 10.8. The number of nitrogens with one attached hydrogen (secondary N) is 1. The van der Waals surface area contributed by atoms with Gasteiger partial charge >= 0.3 is 0 Å². The van der Waals surface area contributed by atoms with E-state index in [1.165, 1.54) is 0 Å². The maximum atomic E-state index is 5.94. The second-order valence-corrected chi connectivity index (χ2v) is 4.27. The molecule has 0 saturated heterocycles. The number of fused-ring (bicyclic) bond motifs is 1. The highest BCUT2D eigenvalue weighted by Gasteiger charge is 2.07. The van der Waals surface area contributed by atoms with Crippen LogP contribution < -0.4 is 4.74 Å². The van der Waals surface area contributed by atoms with Gasteiger partial charge in [0.25, 0.3) is 0 Å². The summed E-state index contributed by atoms with van der Waals surface area (Å²) < 4.78 is 5.94. The highest BCUT2D eigenvalue weighted by molar-refractivity contribution is 5.80. The van der Waals surface area contributed by atoms with Crippen molar-refractivity contribution in [1.29, 1.82) is 0 Å². The van der Waals surface area contributed by atoms with Gasteiger partial charge in [0.15, 0.2) is 0 Å².